The van der Waals surface area contributed by atoms with E-state index < -0.39 is 12.1 Å². The summed E-state index contributed by atoms with van der Waals surface area (Å²) < 4.78 is 10.1. The molecule has 2 rings (SSSR count). The molecule has 1 N–H and O–H groups in total. The fraction of sp³-hybridized carbons (Fsp3) is 0.429. The number of hydrogen-bond donors (Lipinski definition) is 1. The van der Waals surface area contributed by atoms with E-state index in [2.05, 4.69) is 5.32 Å². The summed E-state index contributed by atoms with van der Waals surface area (Å²) in [6.07, 6.45) is 0.965. The average Bonchev–Trinajstić information content (AvgIpc) is 2.93. The Labute approximate surface area is 122 Å². The van der Waals surface area contributed by atoms with Gasteiger partial charge in [0.2, 0.25) is 0 Å². The first kappa shape index (κ1) is 14.8. The van der Waals surface area contributed by atoms with Crippen LogP contribution in [0.1, 0.15) is 18.4 Å². The first-order valence-corrected chi connectivity index (χ1v) is 6.78. The summed E-state index contributed by atoms with van der Waals surface area (Å²) in [5, 5.41) is 3.27. The summed E-state index contributed by atoms with van der Waals surface area (Å²) in [5.74, 6) is -0.868. The quantitative estimate of drug-likeness (QED) is 0.866. The third kappa shape index (κ3) is 3.95. The fourth-order valence-corrected chi connectivity index (χ4v) is 2.17. The highest BCUT2D eigenvalue weighted by atomic mass is 35.5. The molecule has 1 aliphatic rings. The van der Waals surface area contributed by atoms with Gasteiger partial charge in [0.05, 0.1) is 0 Å². The lowest BCUT2D eigenvalue weighted by atomic mass is 10.2. The molecule has 0 aliphatic carbocycles. The van der Waals surface area contributed by atoms with Gasteiger partial charge >= 0.3 is 5.97 Å². The maximum absolute atomic E-state index is 11.7. The minimum atomic E-state index is -0.528. The van der Waals surface area contributed by atoms with Crippen LogP contribution >= 0.6 is 11.6 Å². The van der Waals surface area contributed by atoms with E-state index in [1.807, 2.05) is 6.92 Å². The van der Waals surface area contributed by atoms with Crippen molar-refractivity contribution in [2.45, 2.75) is 25.9 Å². The third-order valence-corrected chi connectivity index (χ3v) is 3.24. The van der Waals surface area contributed by atoms with E-state index in [-0.39, 0.29) is 12.5 Å². The molecule has 1 aromatic rings. The van der Waals surface area contributed by atoms with Crippen LogP contribution in [0.2, 0.25) is 5.02 Å². The minimum absolute atomic E-state index is 0.319. The highest BCUT2D eigenvalue weighted by molar-refractivity contribution is 6.30. The molecule has 0 radical (unpaired) electrons. The summed E-state index contributed by atoms with van der Waals surface area (Å²) >= 11 is 5.83. The van der Waals surface area contributed by atoms with E-state index >= 15 is 0 Å². The summed E-state index contributed by atoms with van der Waals surface area (Å²) in [7, 11) is 0. The second kappa shape index (κ2) is 6.72. The smallest absolute Gasteiger partial charge is 0.335 e. The summed E-state index contributed by atoms with van der Waals surface area (Å²) in [4.78, 5) is 23.3. The van der Waals surface area contributed by atoms with E-state index in [9.17, 15) is 9.59 Å². The second-order valence-corrected chi connectivity index (χ2v) is 5.05. The standard InChI is InChI=1S/C14H16ClNO4/c1-9-7-10(15)4-5-11(9)16-13(17)8-20-14(18)12-3-2-6-19-12/h4-5,7,12H,2-3,6,8H2,1H3,(H,16,17)/t12-/m0/s1. The number of aryl methyl sites for hydroxylation is 1. The predicted molar refractivity (Wildman–Crippen MR) is 74.8 cm³/mol. The SMILES string of the molecule is Cc1cc(Cl)ccc1NC(=O)COC(=O)[C@@H]1CCCO1. The topological polar surface area (TPSA) is 64.6 Å². The molecule has 1 fully saturated rings. The van der Waals surface area contributed by atoms with E-state index in [0.29, 0.717) is 23.7 Å². The minimum Gasteiger partial charge on any atom is -0.454 e. The van der Waals surface area contributed by atoms with Crippen LogP contribution in [0.25, 0.3) is 0 Å². The normalized spacial score (nSPS) is 17.8. The summed E-state index contributed by atoms with van der Waals surface area (Å²) in [6, 6.07) is 5.13. The number of rotatable bonds is 4. The van der Waals surface area contributed by atoms with Crippen molar-refractivity contribution in [2.24, 2.45) is 0 Å². The molecule has 0 aromatic heterocycles. The number of hydrogen-bond acceptors (Lipinski definition) is 4. The molecule has 1 aliphatic heterocycles. The number of anilines is 1. The third-order valence-electron chi connectivity index (χ3n) is 3.00. The van der Waals surface area contributed by atoms with Gasteiger partial charge in [-0.25, -0.2) is 4.79 Å². The van der Waals surface area contributed by atoms with Crippen molar-refractivity contribution in [1.82, 2.24) is 0 Å². The largest absolute Gasteiger partial charge is 0.454 e. The first-order chi connectivity index (χ1) is 9.56. The van der Waals surface area contributed by atoms with Crippen molar-refractivity contribution < 1.29 is 19.1 Å². The van der Waals surface area contributed by atoms with Crippen LogP contribution in [-0.4, -0.2) is 31.2 Å². The van der Waals surface area contributed by atoms with Crippen LogP contribution in [0.15, 0.2) is 18.2 Å². The molecule has 20 heavy (non-hydrogen) atoms. The molecule has 1 aromatic carbocycles. The number of ether oxygens (including phenoxy) is 2. The molecule has 0 saturated carbocycles. The van der Waals surface area contributed by atoms with E-state index in [1.54, 1.807) is 18.2 Å². The summed E-state index contributed by atoms with van der Waals surface area (Å²) in [5.41, 5.74) is 1.49. The van der Waals surface area contributed by atoms with Crippen molar-refractivity contribution in [3.63, 3.8) is 0 Å². The van der Waals surface area contributed by atoms with Crippen molar-refractivity contribution >= 4 is 29.2 Å². The molecular weight excluding hydrogens is 282 g/mol. The van der Waals surface area contributed by atoms with Gasteiger partial charge in [0.1, 0.15) is 0 Å². The summed E-state index contributed by atoms with van der Waals surface area (Å²) in [6.45, 7) is 2.08. The number of esters is 1. The molecule has 1 amide bonds. The van der Waals surface area contributed by atoms with E-state index in [0.717, 1.165) is 12.0 Å². The second-order valence-electron chi connectivity index (χ2n) is 4.62. The van der Waals surface area contributed by atoms with Crippen LogP contribution < -0.4 is 5.32 Å². The highest BCUT2D eigenvalue weighted by Crippen LogP contribution is 2.19. The maximum atomic E-state index is 11.7. The van der Waals surface area contributed by atoms with Gasteiger partial charge in [-0.2, -0.15) is 0 Å². The van der Waals surface area contributed by atoms with Crippen molar-refractivity contribution in [3.05, 3.63) is 28.8 Å². The van der Waals surface area contributed by atoms with Gasteiger partial charge < -0.3 is 14.8 Å². The van der Waals surface area contributed by atoms with E-state index in [1.165, 1.54) is 0 Å². The molecular formula is C14H16ClNO4. The van der Waals surface area contributed by atoms with Crippen molar-refractivity contribution in [1.29, 1.82) is 0 Å². The van der Waals surface area contributed by atoms with Crippen LogP contribution in [0.5, 0.6) is 0 Å². The Balaban J connectivity index is 1.81. The number of halogens is 1. The zero-order chi connectivity index (χ0) is 14.5. The number of amides is 1. The van der Waals surface area contributed by atoms with Gasteiger partial charge in [-0.05, 0) is 43.5 Å². The Morgan fingerprint density at radius 2 is 2.30 bits per heavy atom. The van der Waals surface area contributed by atoms with Gasteiger partial charge in [-0.3, -0.25) is 4.79 Å². The number of nitrogens with one attached hydrogen (secondary N) is 1. The Morgan fingerprint density at radius 3 is 2.95 bits per heavy atom. The zero-order valence-electron chi connectivity index (χ0n) is 11.1. The molecule has 1 atom stereocenters. The molecule has 0 bridgehead atoms. The Morgan fingerprint density at radius 1 is 1.50 bits per heavy atom. The Kier molecular flexibility index (Phi) is 4.98. The molecule has 0 spiro atoms. The number of carbonyl (C=O) groups excluding carboxylic acids is 2. The predicted octanol–water partition coefficient (Wildman–Crippen LogP) is 2.31. The van der Waals surface area contributed by atoms with Crippen LogP contribution in [0, 0.1) is 6.92 Å². The highest BCUT2D eigenvalue weighted by Gasteiger charge is 2.25. The lowest BCUT2D eigenvalue weighted by Crippen LogP contribution is -2.27. The van der Waals surface area contributed by atoms with Crippen molar-refractivity contribution in [2.75, 3.05) is 18.5 Å². The number of benzene rings is 1. The average molecular weight is 298 g/mol. The molecule has 108 valence electrons. The molecule has 5 nitrogen and oxygen atoms in total. The van der Waals surface area contributed by atoms with Crippen LogP contribution in [0.4, 0.5) is 5.69 Å². The Hall–Kier alpha value is -1.59. The lowest BCUT2D eigenvalue weighted by molar-refractivity contribution is -0.156. The fourth-order valence-electron chi connectivity index (χ4n) is 1.95. The lowest BCUT2D eigenvalue weighted by Gasteiger charge is -2.11. The molecule has 6 heteroatoms. The Bertz CT molecular complexity index is 512. The van der Waals surface area contributed by atoms with Gasteiger partial charge in [0, 0.05) is 17.3 Å². The van der Waals surface area contributed by atoms with Gasteiger partial charge in [0.15, 0.2) is 12.7 Å². The molecule has 0 unspecified atom stereocenters. The monoisotopic (exact) mass is 297 g/mol. The van der Waals surface area contributed by atoms with Gasteiger partial charge in [0.25, 0.3) is 5.91 Å². The molecule has 1 heterocycles. The number of carbonyl (C=O) groups is 2. The van der Waals surface area contributed by atoms with Gasteiger partial charge in [-0.1, -0.05) is 11.6 Å². The zero-order valence-corrected chi connectivity index (χ0v) is 11.9. The molecule has 1 saturated heterocycles. The van der Waals surface area contributed by atoms with Crippen LogP contribution in [-0.2, 0) is 19.1 Å². The van der Waals surface area contributed by atoms with Gasteiger partial charge in [-0.15, -0.1) is 0 Å². The van der Waals surface area contributed by atoms with Crippen molar-refractivity contribution in [3.8, 4) is 0 Å². The van der Waals surface area contributed by atoms with E-state index in [4.69, 9.17) is 21.1 Å². The first-order valence-electron chi connectivity index (χ1n) is 6.40. The van der Waals surface area contributed by atoms with Crippen LogP contribution in [0.3, 0.4) is 0 Å². The maximum Gasteiger partial charge on any atom is 0.335 e.